The maximum Gasteiger partial charge on any atom is 0.227 e. The van der Waals surface area contributed by atoms with Crippen LogP contribution < -0.4 is 5.32 Å². The SMILES string of the molecule is CC(=O)[C@H]1CC[C@H](C(=O)Nc2ccncc2)CC1. The molecule has 0 aliphatic heterocycles. The molecule has 0 radical (unpaired) electrons. The third kappa shape index (κ3) is 3.15. The quantitative estimate of drug-likeness (QED) is 0.891. The first kappa shape index (κ1) is 12.7. The Morgan fingerprint density at radius 3 is 2.22 bits per heavy atom. The predicted molar refractivity (Wildman–Crippen MR) is 69.0 cm³/mol. The Hall–Kier alpha value is -1.71. The van der Waals surface area contributed by atoms with E-state index in [4.69, 9.17) is 0 Å². The van der Waals surface area contributed by atoms with Gasteiger partial charge in [0.15, 0.2) is 0 Å². The molecule has 1 aromatic rings. The minimum absolute atomic E-state index is 0.0359. The molecule has 0 bridgehead atoms. The van der Waals surface area contributed by atoms with Crippen molar-refractivity contribution in [1.29, 1.82) is 0 Å². The van der Waals surface area contributed by atoms with Crippen LogP contribution in [0, 0.1) is 11.8 Å². The van der Waals surface area contributed by atoms with E-state index in [-0.39, 0.29) is 23.5 Å². The van der Waals surface area contributed by atoms with Gasteiger partial charge in [-0.25, -0.2) is 0 Å². The molecule has 96 valence electrons. The second-order valence-electron chi connectivity index (χ2n) is 4.88. The molecule has 1 N–H and O–H groups in total. The van der Waals surface area contributed by atoms with Gasteiger partial charge in [0.1, 0.15) is 5.78 Å². The van der Waals surface area contributed by atoms with Gasteiger partial charge in [-0.2, -0.15) is 0 Å². The summed E-state index contributed by atoms with van der Waals surface area (Å²) >= 11 is 0. The monoisotopic (exact) mass is 246 g/mol. The minimum Gasteiger partial charge on any atom is -0.326 e. The summed E-state index contributed by atoms with van der Waals surface area (Å²) in [6.07, 6.45) is 6.60. The van der Waals surface area contributed by atoms with Crippen molar-refractivity contribution in [1.82, 2.24) is 4.98 Å². The summed E-state index contributed by atoms with van der Waals surface area (Å²) in [7, 11) is 0. The zero-order chi connectivity index (χ0) is 13.0. The van der Waals surface area contributed by atoms with E-state index in [1.165, 1.54) is 0 Å². The van der Waals surface area contributed by atoms with Gasteiger partial charge in [0.25, 0.3) is 0 Å². The second-order valence-corrected chi connectivity index (χ2v) is 4.88. The van der Waals surface area contributed by atoms with Crippen molar-refractivity contribution in [2.75, 3.05) is 5.32 Å². The number of nitrogens with one attached hydrogen (secondary N) is 1. The highest BCUT2D eigenvalue weighted by molar-refractivity contribution is 5.92. The number of pyridine rings is 1. The zero-order valence-corrected chi connectivity index (χ0v) is 10.6. The van der Waals surface area contributed by atoms with E-state index in [1.807, 2.05) is 0 Å². The largest absolute Gasteiger partial charge is 0.326 e. The van der Waals surface area contributed by atoms with Crippen molar-refractivity contribution < 1.29 is 9.59 Å². The molecule has 0 aromatic carbocycles. The van der Waals surface area contributed by atoms with E-state index in [1.54, 1.807) is 31.5 Å². The third-order valence-electron chi connectivity index (χ3n) is 3.62. The molecule has 0 unspecified atom stereocenters. The summed E-state index contributed by atoms with van der Waals surface area (Å²) in [5, 5.41) is 2.89. The number of hydrogen-bond acceptors (Lipinski definition) is 3. The molecule has 0 atom stereocenters. The van der Waals surface area contributed by atoms with Crippen LogP contribution in [0.3, 0.4) is 0 Å². The van der Waals surface area contributed by atoms with E-state index >= 15 is 0 Å². The van der Waals surface area contributed by atoms with Crippen LogP contribution in [0.5, 0.6) is 0 Å². The first-order valence-corrected chi connectivity index (χ1v) is 6.38. The van der Waals surface area contributed by atoms with Crippen molar-refractivity contribution >= 4 is 17.4 Å². The summed E-state index contributed by atoms with van der Waals surface area (Å²) in [4.78, 5) is 27.2. The Balaban J connectivity index is 1.86. The number of carbonyl (C=O) groups excluding carboxylic acids is 2. The fraction of sp³-hybridized carbons (Fsp3) is 0.500. The van der Waals surface area contributed by atoms with Crippen LogP contribution in [-0.4, -0.2) is 16.7 Å². The minimum atomic E-state index is 0.0359. The van der Waals surface area contributed by atoms with E-state index in [0.717, 1.165) is 31.4 Å². The van der Waals surface area contributed by atoms with Crippen LogP contribution in [0.25, 0.3) is 0 Å². The summed E-state index contributed by atoms with van der Waals surface area (Å²) in [5.41, 5.74) is 0.781. The van der Waals surface area contributed by atoms with Gasteiger partial charge in [-0.15, -0.1) is 0 Å². The Morgan fingerprint density at radius 2 is 1.67 bits per heavy atom. The van der Waals surface area contributed by atoms with Gasteiger partial charge in [-0.3, -0.25) is 14.6 Å². The molecule has 1 aliphatic carbocycles. The Labute approximate surface area is 107 Å². The smallest absolute Gasteiger partial charge is 0.227 e. The maximum atomic E-state index is 12.0. The average molecular weight is 246 g/mol. The number of amides is 1. The summed E-state index contributed by atoms with van der Waals surface area (Å²) in [5.74, 6) is 0.509. The van der Waals surface area contributed by atoms with Crippen molar-refractivity contribution in [2.45, 2.75) is 32.6 Å². The van der Waals surface area contributed by atoms with Crippen LogP contribution >= 0.6 is 0 Å². The van der Waals surface area contributed by atoms with Crippen LogP contribution in [0.1, 0.15) is 32.6 Å². The molecule has 1 fully saturated rings. The lowest BCUT2D eigenvalue weighted by atomic mass is 9.80. The van der Waals surface area contributed by atoms with E-state index in [2.05, 4.69) is 10.3 Å². The first-order valence-electron chi connectivity index (χ1n) is 6.38. The first-order chi connectivity index (χ1) is 8.66. The summed E-state index contributed by atoms with van der Waals surface area (Å²) in [6.45, 7) is 1.64. The molecule has 18 heavy (non-hydrogen) atoms. The lowest BCUT2D eigenvalue weighted by Crippen LogP contribution is -2.29. The lowest BCUT2D eigenvalue weighted by Gasteiger charge is -2.26. The van der Waals surface area contributed by atoms with Gasteiger partial charge in [0.2, 0.25) is 5.91 Å². The van der Waals surface area contributed by atoms with Crippen molar-refractivity contribution in [2.24, 2.45) is 11.8 Å². The molecule has 0 saturated heterocycles. The molecule has 1 aliphatic rings. The maximum absolute atomic E-state index is 12.0. The summed E-state index contributed by atoms with van der Waals surface area (Å²) < 4.78 is 0. The second kappa shape index (κ2) is 5.76. The number of carbonyl (C=O) groups is 2. The fourth-order valence-electron chi connectivity index (χ4n) is 2.44. The molecule has 1 aromatic heterocycles. The van der Waals surface area contributed by atoms with Gasteiger partial charge in [-0.05, 0) is 44.7 Å². The Kier molecular flexibility index (Phi) is 4.07. The zero-order valence-electron chi connectivity index (χ0n) is 10.6. The molecular formula is C14H18N2O2. The molecule has 4 nitrogen and oxygen atoms in total. The summed E-state index contributed by atoms with van der Waals surface area (Å²) in [6, 6.07) is 3.55. The van der Waals surface area contributed by atoms with E-state index in [9.17, 15) is 9.59 Å². The molecular weight excluding hydrogens is 228 g/mol. The van der Waals surface area contributed by atoms with E-state index < -0.39 is 0 Å². The highest BCUT2D eigenvalue weighted by atomic mass is 16.2. The predicted octanol–water partition coefficient (Wildman–Crippen LogP) is 2.42. The standard InChI is InChI=1S/C14H18N2O2/c1-10(17)11-2-4-12(5-3-11)14(18)16-13-6-8-15-9-7-13/h6-9,11-12H,2-5H2,1H3,(H,15,16,18)/t11-,12-. The normalized spacial score (nSPS) is 23.4. The van der Waals surface area contributed by atoms with Gasteiger partial charge >= 0.3 is 0 Å². The number of Topliss-reactive ketones (excluding diaryl/α,β-unsaturated/α-hetero) is 1. The fourth-order valence-corrected chi connectivity index (χ4v) is 2.44. The molecule has 0 spiro atoms. The lowest BCUT2D eigenvalue weighted by molar-refractivity contribution is -0.125. The highest BCUT2D eigenvalue weighted by Crippen LogP contribution is 2.30. The van der Waals surface area contributed by atoms with Gasteiger partial charge in [0.05, 0.1) is 0 Å². The van der Waals surface area contributed by atoms with Gasteiger partial charge in [0, 0.05) is 29.9 Å². The molecule has 4 heteroatoms. The number of rotatable bonds is 3. The van der Waals surface area contributed by atoms with Crippen molar-refractivity contribution in [3.63, 3.8) is 0 Å². The molecule has 2 rings (SSSR count). The molecule has 1 amide bonds. The van der Waals surface area contributed by atoms with Crippen molar-refractivity contribution in [3.8, 4) is 0 Å². The van der Waals surface area contributed by atoms with Gasteiger partial charge < -0.3 is 5.32 Å². The number of ketones is 1. The topological polar surface area (TPSA) is 59.1 Å². The Morgan fingerprint density at radius 1 is 1.11 bits per heavy atom. The number of nitrogens with zero attached hydrogens (tertiary/aromatic N) is 1. The van der Waals surface area contributed by atoms with Gasteiger partial charge in [-0.1, -0.05) is 0 Å². The van der Waals surface area contributed by atoms with Crippen LogP contribution in [-0.2, 0) is 9.59 Å². The van der Waals surface area contributed by atoms with E-state index in [0.29, 0.717) is 0 Å². The Bertz CT molecular complexity index is 423. The van der Waals surface area contributed by atoms with Crippen molar-refractivity contribution in [3.05, 3.63) is 24.5 Å². The third-order valence-corrected chi connectivity index (χ3v) is 3.62. The average Bonchev–Trinajstić information content (AvgIpc) is 2.40. The molecule has 1 heterocycles. The van der Waals surface area contributed by atoms with Crippen LogP contribution in [0.4, 0.5) is 5.69 Å². The number of hydrogen-bond donors (Lipinski definition) is 1. The highest BCUT2D eigenvalue weighted by Gasteiger charge is 2.28. The van der Waals surface area contributed by atoms with Crippen LogP contribution in [0.15, 0.2) is 24.5 Å². The number of aromatic nitrogens is 1. The molecule has 1 saturated carbocycles. The van der Waals surface area contributed by atoms with Crippen LogP contribution in [0.2, 0.25) is 0 Å². The number of anilines is 1.